The highest BCUT2D eigenvalue weighted by molar-refractivity contribution is 6.99. The number of unbranched alkanes of at least 4 members (excludes halogenated alkanes) is 3. The minimum atomic E-state index is -2.65. The van der Waals surface area contributed by atoms with Gasteiger partial charge in [-0.2, -0.15) is 0 Å². The summed E-state index contributed by atoms with van der Waals surface area (Å²) in [5.74, 6) is 0. The molecule has 0 unspecified atom stereocenters. The van der Waals surface area contributed by atoms with Gasteiger partial charge in [-0.15, -0.1) is 5.73 Å². The molecule has 1 aliphatic carbocycles. The number of rotatable bonds is 13. The molecule has 208 valence electrons. The Hall–Kier alpha value is -1.94. The van der Waals surface area contributed by atoms with Gasteiger partial charge in [-0.25, -0.2) is 0 Å². The van der Waals surface area contributed by atoms with Gasteiger partial charge < -0.3 is 14.6 Å². The van der Waals surface area contributed by atoms with E-state index in [1.54, 1.807) is 0 Å². The molecule has 0 heterocycles. The lowest BCUT2D eigenvalue weighted by molar-refractivity contribution is 0.0347. The van der Waals surface area contributed by atoms with E-state index in [1.165, 1.54) is 29.6 Å². The second-order valence-corrected chi connectivity index (χ2v) is 16.3. The molecule has 0 atom stereocenters. The zero-order valence-electron chi connectivity index (χ0n) is 24.3. The molecule has 0 amide bonds. The summed E-state index contributed by atoms with van der Waals surface area (Å²) in [4.78, 5) is 0. The van der Waals surface area contributed by atoms with Crippen LogP contribution in [0.5, 0.6) is 0 Å². The third-order valence-corrected chi connectivity index (χ3v) is 13.2. The Morgan fingerprint density at radius 1 is 0.868 bits per heavy atom. The number of aliphatic hydroxyl groups is 2. The van der Waals surface area contributed by atoms with Crippen LogP contribution in [0.1, 0.15) is 98.3 Å². The Morgan fingerprint density at radius 3 is 1.95 bits per heavy atom. The van der Waals surface area contributed by atoms with E-state index in [2.05, 4.69) is 94.1 Å². The molecule has 3 rings (SSSR count). The van der Waals surface area contributed by atoms with Gasteiger partial charge in [0.05, 0.1) is 12.2 Å². The maximum Gasteiger partial charge on any atom is 0.261 e. The number of benzene rings is 2. The van der Waals surface area contributed by atoms with Crippen molar-refractivity contribution in [3.8, 4) is 0 Å². The normalized spacial score (nSPS) is 15.6. The van der Waals surface area contributed by atoms with E-state index >= 15 is 0 Å². The molecule has 0 radical (unpaired) electrons. The second kappa shape index (κ2) is 14.4. The molecule has 0 aliphatic heterocycles. The monoisotopic (exact) mass is 534 g/mol. The third-order valence-electron chi connectivity index (χ3n) is 8.18. The van der Waals surface area contributed by atoms with Crippen LogP contribution < -0.4 is 10.4 Å². The van der Waals surface area contributed by atoms with Crippen molar-refractivity contribution < 1.29 is 14.6 Å². The average Bonchev–Trinajstić information content (AvgIpc) is 2.92. The summed E-state index contributed by atoms with van der Waals surface area (Å²) >= 11 is 0. The van der Waals surface area contributed by atoms with Crippen LogP contribution in [0.25, 0.3) is 0 Å². The van der Waals surface area contributed by atoms with Gasteiger partial charge >= 0.3 is 0 Å². The molecule has 2 aromatic rings. The number of aliphatic hydroxyl groups excluding tert-OH is 1. The summed E-state index contributed by atoms with van der Waals surface area (Å²) < 4.78 is 7.16. The first kappa shape index (κ1) is 30.6. The van der Waals surface area contributed by atoms with Crippen molar-refractivity contribution in [1.29, 1.82) is 0 Å². The molecule has 3 nitrogen and oxygen atoms in total. The van der Waals surface area contributed by atoms with Gasteiger partial charge in [0.2, 0.25) is 0 Å². The summed E-state index contributed by atoms with van der Waals surface area (Å²) in [5.41, 5.74) is 4.56. The first-order valence-electron chi connectivity index (χ1n) is 14.8. The van der Waals surface area contributed by atoms with Gasteiger partial charge in [-0.3, -0.25) is 0 Å². The Kier molecular flexibility index (Phi) is 11.6. The van der Waals surface area contributed by atoms with E-state index in [1.807, 2.05) is 0 Å². The molecule has 1 saturated carbocycles. The molecular formula is C34H50O3Si. The van der Waals surface area contributed by atoms with Crippen LogP contribution in [0.2, 0.25) is 5.04 Å². The van der Waals surface area contributed by atoms with Gasteiger partial charge in [0, 0.05) is 18.6 Å². The molecule has 0 saturated heterocycles. The summed E-state index contributed by atoms with van der Waals surface area (Å²) in [6.45, 7) is 9.62. The van der Waals surface area contributed by atoms with Gasteiger partial charge in [-0.1, -0.05) is 127 Å². The predicted octanol–water partition coefficient (Wildman–Crippen LogP) is 7.06. The second-order valence-electron chi connectivity index (χ2n) is 12.0. The van der Waals surface area contributed by atoms with Crippen LogP contribution in [0.15, 0.2) is 77.5 Å². The van der Waals surface area contributed by atoms with Crippen LogP contribution in [0.3, 0.4) is 0 Å². The van der Waals surface area contributed by atoms with Crippen LogP contribution in [-0.2, 0) is 4.43 Å². The summed E-state index contributed by atoms with van der Waals surface area (Å²) in [6.07, 6.45) is 10.9. The Labute approximate surface area is 232 Å². The fourth-order valence-corrected chi connectivity index (χ4v) is 10.6. The smallest absolute Gasteiger partial charge is 0.261 e. The van der Waals surface area contributed by atoms with Crippen molar-refractivity contribution in [2.24, 2.45) is 0 Å². The molecule has 1 fully saturated rings. The fraction of sp³-hybridized carbons (Fsp3) is 0.559. The quantitative estimate of drug-likeness (QED) is 0.164. The van der Waals surface area contributed by atoms with E-state index in [0.717, 1.165) is 56.1 Å². The molecule has 1 aliphatic rings. The Morgan fingerprint density at radius 2 is 1.45 bits per heavy atom. The maximum absolute atomic E-state index is 11.8. The van der Waals surface area contributed by atoms with Gasteiger partial charge in [0.25, 0.3) is 8.32 Å². The highest BCUT2D eigenvalue weighted by Gasteiger charge is 2.50. The first-order valence-corrected chi connectivity index (χ1v) is 16.7. The van der Waals surface area contributed by atoms with Crippen LogP contribution in [0.4, 0.5) is 0 Å². The van der Waals surface area contributed by atoms with Crippen molar-refractivity contribution >= 4 is 18.7 Å². The standard InChI is InChI=1S/C34H50O3Si/c1-5-6-7-11-18-29(28-35)27-30(34(36)24-16-10-17-25-34)23-26-37-38(33(2,3)4,31-19-12-8-13-20-31)32-21-14-9-15-22-32/h8-9,12-15,19-22,35-36H,5-7,10-11,16-18,23-26,28H2,1-4H3. The lowest BCUT2D eigenvalue weighted by atomic mass is 9.78. The lowest BCUT2D eigenvalue weighted by Gasteiger charge is -2.43. The molecule has 0 spiro atoms. The minimum Gasteiger partial charge on any atom is -0.407 e. The van der Waals surface area contributed by atoms with Gasteiger partial charge in [-0.05, 0) is 46.7 Å². The highest BCUT2D eigenvalue weighted by atomic mass is 28.4. The fourth-order valence-electron chi connectivity index (χ4n) is 6.08. The number of hydrogen-bond donors (Lipinski definition) is 2. The summed E-state index contributed by atoms with van der Waals surface area (Å²) in [6, 6.07) is 21.5. The molecule has 4 heteroatoms. The SMILES string of the molecule is CCCCCCC(=C=C(CCO[Si](c1ccccc1)(c1ccccc1)C(C)(C)C)C1(O)CCCCC1)CO. The minimum absolute atomic E-state index is 0.00126. The Balaban J connectivity index is 1.97. The highest BCUT2D eigenvalue weighted by Crippen LogP contribution is 2.39. The lowest BCUT2D eigenvalue weighted by Crippen LogP contribution is -2.66. The molecule has 0 bridgehead atoms. The Bertz CT molecular complexity index is 987. The summed E-state index contributed by atoms with van der Waals surface area (Å²) in [5, 5.41) is 24.4. The average molecular weight is 535 g/mol. The van der Waals surface area contributed by atoms with Crippen LogP contribution >= 0.6 is 0 Å². The topological polar surface area (TPSA) is 49.7 Å². The summed E-state index contributed by atoms with van der Waals surface area (Å²) in [7, 11) is -2.65. The van der Waals surface area contributed by atoms with Crippen molar-refractivity contribution in [3.05, 3.63) is 77.5 Å². The van der Waals surface area contributed by atoms with Gasteiger partial charge in [0.15, 0.2) is 0 Å². The molecular weight excluding hydrogens is 484 g/mol. The van der Waals surface area contributed by atoms with Crippen LogP contribution in [0, 0.1) is 0 Å². The molecule has 0 aromatic heterocycles. The van der Waals surface area contributed by atoms with Crippen molar-refractivity contribution in [2.45, 2.75) is 109 Å². The van der Waals surface area contributed by atoms with Crippen molar-refractivity contribution in [1.82, 2.24) is 0 Å². The predicted molar refractivity (Wildman–Crippen MR) is 163 cm³/mol. The van der Waals surface area contributed by atoms with E-state index < -0.39 is 13.9 Å². The number of hydrogen-bond acceptors (Lipinski definition) is 3. The van der Waals surface area contributed by atoms with E-state index in [-0.39, 0.29) is 11.6 Å². The van der Waals surface area contributed by atoms with E-state index in [4.69, 9.17) is 4.43 Å². The maximum atomic E-state index is 11.8. The zero-order chi connectivity index (χ0) is 27.5. The van der Waals surface area contributed by atoms with Crippen molar-refractivity contribution in [3.63, 3.8) is 0 Å². The first-order chi connectivity index (χ1) is 18.3. The van der Waals surface area contributed by atoms with Crippen LogP contribution in [-0.4, -0.2) is 37.3 Å². The van der Waals surface area contributed by atoms with Gasteiger partial charge in [0.1, 0.15) is 0 Å². The third kappa shape index (κ3) is 7.58. The van der Waals surface area contributed by atoms with E-state index in [9.17, 15) is 10.2 Å². The molecule has 38 heavy (non-hydrogen) atoms. The molecule has 2 N–H and O–H groups in total. The molecule has 2 aromatic carbocycles. The van der Waals surface area contributed by atoms with E-state index in [0.29, 0.717) is 13.0 Å². The zero-order valence-corrected chi connectivity index (χ0v) is 25.3. The largest absolute Gasteiger partial charge is 0.407 e. The van der Waals surface area contributed by atoms with Crippen molar-refractivity contribution in [2.75, 3.05) is 13.2 Å².